The van der Waals surface area contributed by atoms with Crippen LogP contribution in [0.3, 0.4) is 0 Å². The van der Waals surface area contributed by atoms with Crippen molar-refractivity contribution in [2.45, 2.75) is 18.9 Å². The maximum Gasteiger partial charge on any atom is 0.260 e. The number of nitrogens with two attached hydrogens (primary N) is 1. The standard InChI is InChI=1S/C11H20N4O2S/c1-3-15(4-2)9-8-14-18(16,17)11-10(12)6-5-7-13-11/h5-7,14H,3-4,8-9,12H2,1-2H3. The first kappa shape index (κ1) is 14.9. The number of hydrogen-bond donors (Lipinski definition) is 2. The monoisotopic (exact) mass is 272 g/mol. The lowest BCUT2D eigenvalue weighted by atomic mass is 10.4. The fraction of sp³-hybridized carbons (Fsp3) is 0.545. The Morgan fingerprint density at radius 1 is 1.39 bits per heavy atom. The van der Waals surface area contributed by atoms with Gasteiger partial charge in [0, 0.05) is 19.3 Å². The highest BCUT2D eigenvalue weighted by Gasteiger charge is 2.18. The number of rotatable bonds is 7. The second kappa shape index (κ2) is 6.67. The van der Waals surface area contributed by atoms with Crippen LogP contribution in [0.25, 0.3) is 0 Å². The average Bonchev–Trinajstić information content (AvgIpc) is 2.35. The summed E-state index contributed by atoms with van der Waals surface area (Å²) in [5.74, 6) is 0. The number of sulfonamides is 1. The summed E-state index contributed by atoms with van der Waals surface area (Å²) in [5.41, 5.74) is 5.76. The predicted molar refractivity (Wildman–Crippen MR) is 71.6 cm³/mol. The number of nitrogen functional groups attached to an aromatic ring is 1. The molecule has 3 N–H and O–H groups in total. The van der Waals surface area contributed by atoms with Crippen molar-refractivity contribution in [3.63, 3.8) is 0 Å². The largest absolute Gasteiger partial charge is 0.396 e. The van der Waals surface area contributed by atoms with Crippen LogP contribution < -0.4 is 10.5 Å². The zero-order valence-electron chi connectivity index (χ0n) is 10.8. The molecule has 0 amide bonds. The molecule has 0 radical (unpaired) electrons. The van der Waals surface area contributed by atoms with Gasteiger partial charge >= 0.3 is 0 Å². The number of aromatic nitrogens is 1. The summed E-state index contributed by atoms with van der Waals surface area (Å²) >= 11 is 0. The molecule has 102 valence electrons. The minimum Gasteiger partial charge on any atom is -0.396 e. The molecular weight excluding hydrogens is 252 g/mol. The van der Waals surface area contributed by atoms with E-state index in [-0.39, 0.29) is 10.7 Å². The lowest BCUT2D eigenvalue weighted by Crippen LogP contribution is -2.35. The lowest BCUT2D eigenvalue weighted by Gasteiger charge is -2.18. The molecule has 6 nitrogen and oxygen atoms in total. The van der Waals surface area contributed by atoms with Crippen molar-refractivity contribution in [2.24, 2.45) is 0 Å². The van der Waals surface area contributed by atoms with Crippen molar-refractivity contribution >= 4 is 15.7 Å². The smallest absolute Gasteiger partial charge is 0.260 e. The predicted octanol–water partition coefficient (Wildman–Crippen LogP) is 0.284. The van der Waals surface area contributed by atoms with Gasteiger partial charge in [-0.15, -0.1) is 0 Å². The van der Waals surface area contributed by atoms with E-state index in [1.165, 1.54) is 12.3 Å². The highest BCUT2D eigenvalue weighted by Crippen LogP contribution is 2.12. The summed E-state index contributed by atoms with van der Waals surface area (Å²) in [5, 5.41) is -0.107. The SMILES string of the molecule is CCN(CC)CCNS(=O)(=O)c1ncccc1N. The van der Waals surface area contributed by atoms with Gasteiger partial charge in [0.25, 0.3) is 10.0 Å². The topological polar surface area (TPSA) is 88.3 Å². The van der Waals surface area contributed by atoms with Crippen LogP contribution in [-0.2, 0) is 10.0 Å². The summed E-state index contributed by atoms with van der Waals surface area (Å²) in [7, 11) is -3.62. The van der Waals surface area contributed by atoms with Gasteiger partial charge in [0.2, 0.25) is 0 Å². The molecule has 0 spiro atoms. The summed E-state index contributed by atoms with van der Waals surface area (Å²) in [6.45, 7) is 6.87. The van der Waals surface area contributed by atoms with E-state index in [0.29, 0.717) is 13.1 Å². The second-order valence-electron chi connectivity index (χ2n) is 3.82. The molecular formula is C11H20N4O2S. The van der Waals surface area contributed by atoms with E-state index in [9.17, 15) is 8.42 Å². The van der Waals surface area contributed by atoms with Crippen LogP contribution in [0.4, 0.5) is 5.69 Å². The molecule has 0 saturated heterocycles. The highest BCUT2D eigenvalue weighted by molar-refractivity contribution is 7.89. The average molecular weight is 272 g/mol. The van der Waals surface area contributed by atoms with Crippen molar-refractivity contribution < 1.29 is 8.42 Å². The summed E-state index contributed by atoms with van der Waals surface area (Å²) in [4.78, 5) is 5.93. The second-order valence-corrected chi connectivity index (χ2v) is 5.50. The van der Waals surface area contributed by atoms with E-state index in [0.717, 1.165) is 13.1 Å². The van der Waals surface area contributed by atoms with E-state index < -0.39 is 10.0 Å². The fourth-order valence-electron chi connectivity index (χ4n) is 1.57. The third-order valence-electron chi connectivity index (χ3n) is 2.67. The Morgan fingerprint density at radius 3 is 2.61 bits per heavy atom. The van der Waals surface area contributed by atoms with Crippen LogP contribution in [0.15, 0.2) is 23.4 Å². The van der Waals surface area contributed by atoms with E-state index >= 15 is 0 Å². The molecule has 0 saturated carbocycles. The Bertz CT molecular complexity index is 472. The quantitative estimate of drug-likeness (QED) is 0.744. The van der Waals surface area contributed by atoms with Gasteiger partial charge < -0.3 is 10.6 Å². The Morgan fingerprint density at radius 2 is 2.06 bits per heavy atom. The first-order chi connectivity index (χ1) is 8.51. The molecule has 0 bridgehead atoms. The van der Waals surface area contributed by atoms with Crippen LogP contribution in [0.1, 0.15) is 13.8 Å². The summed E-state index contributed by atoms with van der Waals surface area (Å²) in [6, 6.07) is 3.12. The van der Waals surface area contributed by atoms with Crippen LogP contribution in [0.5, 0.6) is 0 Å². The molecule has 0 aliphatic heterocycles. The molecule has 0 atom stereocenters. The molecule has 18 heavy (non-hydrogen) atoms. The minimum absolute atomic E-state index is 0.107. The van der Waals surface area contributed by atoms with Gasteiger partial charge in [0.05, 0.1) is 5.69 Å². The van der Waals surface area contributed by atoms with Gasteiger partial charge in [0.15, 0.2) is 5.03 Å². The number of likely N-dealkylation sites (N-methyl/N-ethyl adjacent to an activating group) is 1. The van der Waals surface area contributed by atoms with Crippen molar-refractivity contribution in [2.75, 3.05) is 31.9 Å². The Labute approximate surface area is 108 Å². The first-order valence-electron chi connectivity index (χ1n) is 5.93. The molecule has 7 heteroatoms. The third kappa shape index (κ3) is 3.94. The number of pyridine rings is 1. The molecule has 0 aromatic carbocycles. The van der Waals surface area contributed by atoms with Gasteiger partial charge in [-0.1, -0.05) is 13.8 Å². The van der Waals surface area contributed by atoms with E-state index in [2.05, 4.69) is 14.6 Å². The van der Waals surface area contributed by atoms with Crippen LogP contribution in [-0.4, -0.2) is 44.5 Å². The van der Waals surface area contributed by atoms with Crippen molar-refractivity contribution in [3.05, 3.63) is 18.3 Å². The molecule has 0 aliphatic rings. The maximum atomic E-state index is 11.9. The van der Waals surface area contributed by atoms with Gasteiger partial charge in [-0.3, -0.25) is 0 Å². The van der Waals surface area contributed by atoms with Crippen LogP contribution in [0.2, 0.25) is 0 Å². The summed E-state index contributed by atoms with van der Waals surface area (Å²) < 4.78 is 26.4. The zero-order valence-corrected chi connectivity index (χ0v) is 11.6. The lowest BCUT2D eigenvalue weighted by molar-refractivity contribution is 0.309. The number of hydrogen-bond acceptors (Lipinski definition) is 5. The van der Waals surface area contributed by atoms with Crippen molar-refractivity contribution in [1.29, 1.82) is 0 Å². The fourth-order valence-corrected chi connectivity index (χ4v) is 2.65. The van der Waals surface area contributed by atoms with Crippen molar-refractivity contribution in [1.82, 2.24) is 14.6 Å². The number of nitrogens with zero attached hydrogens (tertiary/aromatic N) is 2. The van der Waals surface area contributed by atoms with E-state index in [1.807, 2.05) is 13.8 Å². The molecule has 1 heterocycles. The molecule has 1 aromatic rings. The normalized spacial score (nSPS) is 11.9. The minimum atomic E-state index is -3.62. The Kier molecular flexibility index (Phi) is 5.52. The summed E-state index contributed by atoms with van der Waals surface area (Å²) in [6.07, 6.45) is 1.41. The molecule has 0 aliphatic carbocycles. The third-order valence-corrected chi connectivity index (χ3v) is 4.10. The van der Waals surface area contributed by atoms with Gasteiger partial charge in [-0.05, 0) is 25.2 Å². The molecule has 1 aromatic heterocycles. The highest BCUT2D eigenvalue weighted by atomic mass is 32.2. The Hall–Kier alpha value is -1.18. The van der Waals surface area contributed by atoms with E-state index in [1.54, 1.807) is 6.07 Å². The van der Waals surface area contributed by atoms with Crippen LogP contribution >= 0.6 is 0 Å². The first-order valence-corrected chi connectivity index (χ1v) is 7.42. The van der Waals surface area contributed by atoms with Gasteiger partial charge in [-0.25, -0.2) is 18.1 Å². The maximum absolute atomic E-state index is 11.9. The van der Waals surface area contributed by atoms with E-state index in [4.69, 9.17) is 5.73 Å². The zero-order chi connectivity index (χ0) is 13.6. The molecule has 1 rings (SSSR count). The Balaban J connectivity index is 2.64. The molecule has 0 unspecified atom stereocenters. The van der Waals surface area contributed by atoms with Gasteiger partial charge in [-0.2, -0.15) is 0 Å². The van der Waals surface area contributed by atoms with Gasteiger partial charge in [0.1, 0.15) is 0 Å². The number of anilines is 1. The molecule has 0 fully saturated rings. The van der Waals surface area contributed by atoms with Crippen LogP contribution in [0, 0.1) is 0 Å². The van der Waals surface area contributed by atoms with Crippen molar-refractivity contribution in [3.8, 4) is 0 Å². The number of nitrogens with one attached hydrogen (secondary N) is 1.